The molecule has 0 aliphatic rings. The molecule has 146 valence electrons. The largest absolute Gasteiger partial charge is 0.461 e. The highest BCUT2D eigenvalue weighted by Crippen LogP contribution is 2.12. The van der Waals surface area contributed by atoms with Gasteiger partial charge in [0.25, 0.3) is 0 Å². The minimum absolute atomic E-state index is 0.00733. The highest BCUT2D eigenvalue weighted by atomic mass is 16.5. The number of hydrogen-bond acceptors (Lipinski definition) is 4. The molecule has 0 saturated heterocycles. The molecule has 0 fully saturated rings. The Hall–Kier alpha value is -1.88. The second-order valence-electron chi connectivity index (χ2n) is 7.94. The lowest BCUT2D eigenvalue weighted by Crippen LogP contribution is -2.51. The van der Waals surface area contributed by atoms with Crippen LogP contribution >= 0.6 is 0 Å². The van der Waals surface area contributed by atoms with Gasteiger partial charge < -0.3 is 15.8 Å². The van der Waals surface area contributed by atoms with Crippen LogP contribution in [0, 0.1) is 11.8 Å². The first-order chi connectivity index (χ1) is 12.1. The maximum Gasteiger partial charge on any atom is 0.329 e. The Bertz CT molecular complexity index is 579. The van der Waals surface area contributed by atoms with E-state index < -0.39 is 18.1 Å². The Kier molecular flexibility index (Phi) is 8.79. The standard InChI is InChI=1S/C21H34N2O3/c1-13(2)11-16-7-9-17(10-8-16)12-18(21(25)26-15(5)6)23-20(24)19(22)14(3)4/h7-10,13-15,18-19H,11-12,22H2,1-6H3,(H,23,24). The van der Waals surface area contributed by atoms with Crippen LogP contribution in [0.2, 0.25) is 0 Å². The SMILES string of the molecule is CC(C)Cc1ccc(CC(NC(=O)C(N)C(C)C)C(=O)OC(C)C)cc1. The molecule has 0 aliphatic heterocycles. The van der Waals surface area contributed by atoms with E-state index in [2.05, 4.69) is 31.3 Å². The van der Waals surface area contributed by atoms with Crippen molar-refractivity contribution in [3.05, 3.63) is 35.4 Å². The summed E-state index contributed by atoms with van der Waals surface area (Å²) in [6, 6.07) is 6.75. The number of esters is 1. The third kappa shape index (κ3) is 7.56. The molecular weight excluding hydrogens is 328 g/mol. The van der Waals surface area contributed by atoms with Crippen molar-refractivity contribution in [2.75, 3.05) is 0 Å². The molecule has 26 heavy (non-hydrogen) atoms. The van der Waals surface area contributed by atoms with Gasteiger partial charge in [0.1, 0.15) is 6.04 Å². The Morgan fingerprint density at radius 3 is 1.88 bits per heavy atom. The molecule has 3 N–H and O–H groups in total. The van der Waals surface area contributed by atoms with Crippen molar-refractivity contribution < 1.29 is 14.3 Å². The Morgan fingerprint density at radius 1 is 0.962 bits per heavy atom. The number of carbonyl (C=O) groups is 2. The lowest BCUT2D eigenvalue weighted by molar-refractivity contribution is -0.151. The molecule has 0 heterocycles. The van der Waals surface area contributed by atoms with Crippen molar-refractivity contribution >= 4 is 11.9 Å². The van der Waals surface area contributed by atoms with Crippen LogP contribution in [0.5, 0.6) is 0 Å². The van der Waals surface area contributed by atoms with Gasteiger partial charge in [0.2, 0.25) is 5.91 Å². The molecule has 5 nitrogen and oxygen atoms in total. The van der Waals surface area contributed by atoms with Crippen LogP contribution in [0.25, 0.3) is 0 Å². The first-order valence-electron chi connectivity index (χ1n) is 9.44. The lowest BCUT2D eigenvalue weighted by atomic mass is 9.99. The van der Waals surface area contributed by atoms with Gasteiger partial charge in [-0.1, -0.05) is 52.0 Å². The summed E-state index contributed by atoms with van der Waals surface area (Å²) in [5.74, 6) is -0.184. The van der Waals surface area contributed by atoms with Crippen molar-refractivity contribution in [2.45, 2.75) is 72.6 Å². The van der Waals surface area contributed by atoms with Crippen molar-refractivity contribution in [1.29, 1.82) is 0 Å². The van der Waals surface area contributed by atoms with Gasteiger partial charge in [-0.25, -0.2) is 4.79 Å². The molecule has 1 aromatic carbocycles. The van der Waals surface area contributed by atoms with Crippen LogP contribution in [0.4, 0.5) is 0 Å². The lowest BCUT2D eigenvalue weighted by Gasteiger charge is -2.22. The van der Waals surface area contributed by atoms with Crippen molar-refractivity contribution in [2.24, 2.45) is 17.6 Å². The van der Waals surface area contributed by atoms with E-state index in [0.29, 0.717) is 12.3 Å². The molecule has 0 aliphatic carbocycles. The molecule has 2 atom stereocenters. The molecule has 1 amide bonds. The molecule has 0 saturated carbocycles. The zero-order valence-corrected chi connectivity index (χ0v) is 16.9. The van der Waals surface area contributed by atoms with Gasteiger partial charge in [-0.3, -0.25) is 4.79 Å². The summed E-state index contributed by atoms with van der Waals surface area (Å²) in [5.41, 5.74) is 8.14. The first kappa shape index (κ1) is 22.2. The summed E-state index contributed by atoms with van der Waals surface area (Å²) in [6.07, 6.45) is 1.15. The van der Waals surface area contributed by atoms with E-state index in [1.54, 1.807) is 13.8 Å². The topological polar surface area (TPSA) is 81.4 Å². The first-order valence-corrected chi connectivity index (χ1v) is 9.44. The van der Waals surface area contributed by atoms with Crippen LogP contribution in [-0.4, -0.2) is 30.1 Å². The number of amides is 1. The molecule has 2 unspecified atom stereocenters. The fourth-order valence-electron chi connectivity index (χ4n) is 2.60. The average molecular weight is 363 g/mol. The number of carbonyl (C=O) groups excluding carboxylic acids is 2. The predicted molar refractivity (Wildman–Crippen MR) is 105 cm³/mol. The number of hydrogen-bond donors (Lipinski definition) is 2. The molecule has 0 bridgehead atoms. The maximum absolute atomic E-state index is 12.4. The Labute approximate surface area is 157 Å². The summed E-state index contributed by atoms with van der Waals surface area (Å²) < 4.78 is 5.31. The summed E-state index contributed by atoms with van der Waals surface area (Å²) in [4.78, 5) is 24.7. The number of nitrogens with one attached hydrogen (secondary N) is 1. The third-order valence-electron chi connectivity index (χ3n) is 4.08. The summed E-state index contributed by atoms with van der Waals surface area (Å²) >= 11 is 0. The van der Waals surface area contributed by atoms with Gasteiger partial charge in [-0.05, 0) is 43.2 Å². The molecular formula is C21H34N2O3. The van der Waals surface area contributed by atoms with Gasteiger partial charge in [-0.15, -0.1) is 0 Å². The monoisotopic (exact) mass is 362 g/mol. The van der Waals surface area contributed by atoms with E-state index in [1.165, 1.54) is 5.56 Å². The summed E-state index contributed by atoms with van der Waals surface area (Å²) in [6.45, 7) is 11.7. The van der Waals surface area contributed by atoms with Crippen LogP contribution in [0.3, 0.4) is 0 Å². The minimum atomic E-state index is -0.745. The summed E-state index contributed by atoms with van der Waals surface area (Å²) in [5, 5.41) is 2.76. The van der Waals surface area contributed by atoms with Gasteiger partial charge in [0.15, 0.2) is 0 Å². The minimum Gasteiger partial charge on any atom is -0.461 e. The van der Waals surface area contributed by atoms with Gasteiger partial charge in [0, 0.05) is 6.42 Å². The average Bonchev–Trinajstić information content (AvgIpc) is 2.53. The quantitative estimate of drug-likeness (QED) is 0.662. The second-order valence-corrected chi connectivity index (χ2v) is 7.94. The number of nitrogens with two attached hydrogens (primary N) is 1. The van der Waals surface area contributed by atoms with E-state index in [-0.39, 0.29) is 17.9 Å². The fourth-order valence-corrected chi connectivity index (χ4v) is 2.60. The zero-order valence-electron chi connectivity index (χ0n) is 16.9. The van der Waals surface area contributed by atoms with Crippen LogP contribution in [0.15, 0.2) is 24.3 Å². The van der Waals surface area contributed by atoms with Crippen molar-refractivity contribution in [3.8, 4) is 0 Å². The smallest absolute Gasteiger partial charge is 0.329 e. The summed E-state index contributed by atoms with van der Waals surface area (Å²) in [7, 11) is 0. The molecule has 1 aromatic rings. The maximum atomic E-state index is 12.4. The normalized spacial score (nSPS) is 13.8. The van der Waals surface area contributed by atoms with E-state index >= 15 is 0 Å². The van der Waals surface area contributed by atoms with E-state index in [0.717, 1.165) is 12.0 Å². The predicted octanol–water partition coefficient (Wildman–Crippen LogP) is 2.85. The molecule has 1 rings (SSSR count). The Balaban J connectivity index is 2.87. The molecule has 5 heteroatoms. The van der Waals surface area contributed by atoms with E-state index in [4.69, 9.17) is 10.5 Å². The molecule has 0 aromatic heterocycles. The van der Waals surface area contributed by atoms with Crippen LogP contribution in [-0.2, 0) is 27.2 Å². The van der Waals surface area contributed by atoms with Crippen LogP contribution < -0.4 is 11.1 Å². The van der Waals surface area contributed by atoms with Gasteiger partial charge in [0.05, 0.1) is 12.1 Å². The molecule has 0 spiro atoms. The van der Waals surface area contributed by atoms with E-state index in [9.17, 15) is 9.59 Å². The number of rotatable bonds is 9. The Morgan fingerprint density at radius 2 is 1.46 bits per heavy atom. The fraction of sp³-hybridized carbons (Fsp3) is 0.619. The zero-order chi connectivity index (χ0) is 19.9. The highest BCUT2D eigenvalue weighted by Gasteiger charge is 2.27. The third-order valence-corrected chi connectivity index (χ3v) is 4.08. The van der Waals surface area contributed by atoms with E-state index in [1.807, 2.05) is 26.0 Å². The number of ether oxygens (including phenoxy) is 1. The van der Waals surface area contributed by atoms with Crippen molar-refractivity contribution in [1.82, 2.24) is 5.32 Å². The second kappa shape index (κ2) is 10.3. The van der Waals surface area contributed by atoms with Crippen LogP contribution in [0.1, 0.15) is 52.7 Å². The molecule has 0 radical (unpaired) electrons. The number of benzene rings is 1. The highest BCUT2D eigenvalue weighted by molar-refractivity contribution is 5.87. The van der Waals surface area contributed by atoms with Crippen molar-refractivity contribution in [3.63, 3.8) is 0 Å². The van der Waals surface area contributed by atoms with Gasteiger partial charge >= 0.3 is 5.97 Å². The van der Waals surface area contributed by atoms with Gasteiger partial charge in [-0.2, -0.15) is 0 Å².